The number of aliphatic carboxylic acids is 1. The number of benzene rings is 2. The fourth-order valence-corrected chi connectivity index (χ4v) is 2.55. The Balaban J connectivity index is 1.80. The zero-order valence-corrected chi connectivity index (χ0v) is 15.3. The van der Waals surface area contributed by atoms with Crippen LogP contribution in [0.3, 0.4) is 0 Å². The van der Waals surface area contributed by atoms with E-state index in [-0.39, 0.29) is 5.91 Å². The molecule has 1 atom stereocenters. The highest BCUT2D eigenvalue weighted by molar-refractivity contribution is 5.96. The molecule has 0 aliphatic rings. The normalized spacial score (nSPS) is 11.4. The first-order valence-corrected chi connectivity index (χ1v) is 8.92. The lowest BCUT2D eigenvalue weighted by Crippen LogP contribution is -2.40. The second-order valence-corrected chi connectivity index (χ2v) is 6.23. The monoisotopic (exact) mass is 368 g/mol. The molecule has 0 fully saturated rings. The van der Waals surface area contributed by atoms with Crippen molar-refractivity contribution in [3.05, 3.63) is 71.3 Å². The smallest absolute Gasteiger partial charge is 0.326 e. The molecule has 6 heteroatoms. The Labute approximate surface area is 158 Å². The number of nitrogens with one attached hydrogen (secondary N) is 2. The number of aryl methyl sites for hydroxylation is 1. The average Bonchev–Trinajstić information content (AvgIpc) is 2.69. The number of carboxylic acids is 1. The molecule has 2 aromatic rings. The van der Waals surface area contributed by atoms with Crippen LogP contribution in [0.25, 0.3) is 0 Å². The van der Waals surface area contributed by atoms with Crippen molar-refractivity contribution in [1.29, 1.82) is 0 Å². The van der Waals surface area contributed by atoms with Gasteiger partial charge in [0.15, 0.2) is 0 Å². The van der Waals surface area contributed by atoms with Crippen LogP contribution in [0.15, 0.2) is 54.6 Å². The predicted molar refractivity (Wildman–Crippen MR) is 102 cm³/mol. The number of hydrogen-bond acceptors (Lipinski definition) is 3. The molecule has 0 aliphatic heterocycles. The van der Waals surface area contributed by atoms with E-state index in [4.69, 9.17) is 5.11 Å². The number of rotatable bonds is 9. The van der Waals surface area contributed by atoms with E-state index in [1.165, 1.54) is 0 Å². The van der Waals surface area contributed by atoms with E-state index in [0.29, 0.717) is 31.4 Å². The van der Waals surface area contributed by atoms with Crippen LogP contribution in [0, 0.1) is 0 Å². The molecule has 0 saturated carbocycles. The van der Waals surface area contributed by atoms with Crippen LogP contribution in [0.4, 0.5) is 0 Å². The van der Waals surface area contributed by atoms with Crippen LogP contribution in [0.5, 0.6) is 0 Å². The topological polar surface area (TPSA) is 95.5 Å². The summed E-state index contributed by atoms with van der Waals surface area (Å²) < 4.78 is 0. The van der Waals surface area contributed by atoms with Crippen LogP contribution in [0.1, 0.15) is 41.3 Å². The Morgan fingerprint density at radius 2 is 1.63 bits per heavy atom. The van der Waals surface area contributed by atoms with Crippen LogP contribution < -0.4 is 10.6 Å². The molecule has 142 valence electrons. The second-order valence-electron chi connectivity index (χ2n) is 6.23. The SMILES string of the molecule is CCC(NC(=O)c1ccc(CNC(=O)CCc2ccccc2)cc1)C(=O)O. The van der Waals surface area contributed by atoms with Crippen molar-refractivity contribution >= 4 is 17.8 Å². The molecule has 0 heterocycles. The van der Waals surface area contributed by atoms with Gasteiger partial charge in [0.1, 0.15) is 6.04 Å². The van der Waals surface area contributed by atoms with Gasteiger partial charge in [-0.2, -0.15) is 0 Å². The van der Waals surface area contributed by atoms with E-state index < -0.39 is 17.9 Å². The van der Waals surface area contributed by atoms with E-state index in [0.717, 1.165) is 11.1 Å². The lowest BCUT2D eigenvalue weighted by molar-refractivity contribution is -0.139. The Hall–Kier alpha value is -3.15. The number of carbonyl (C=O) groups is 3. The third-order valence-corrected chi connectivity index (χ3v) is 4.20. The van der Waals surface area contributed by atoms with Crippen molar-refractivity contribution in [2.24, 2.45) is 0 Å². The first kappa shape index (κ1) is 20.2. The maximum absolute atomic E-state index is 12.1. The van der Waals surface area contributed by atoms with Crippen molar-refractivity contribution in [3.63, 3.8) is 0 Å². The van der Waals surface area contributed by atoms with Gasteiger partial charge in [-0.25, -0.2) is 4.79 Å². The summed E-state index contributed by atoms with van der Waals surface area (Å²) in [7, 11) is 0. The largest absolute Gasteiger partial charge is 0.480 e. The highest BCUT2D eigenvalue weighted by Crippen LogP contribution is 2.06. The average molecular weight is 368 g/mol. The third-order valence-electron chi connectivity index (χ3n) is 4.20. The number of carbonyl (C=O) groups excluding carboxylic acids is 2. The van der Waals surface area contributed by atoms with E-state index >= 15 is 0 Å². The predicted octanol–water partition coefficient (Wildman–Crippen LogP) is 2.53. The summed E-state index contributed by atoms with van der Waals surface area (Å²) in [6.45, 7) is 2.07. The summed E-state index contributed by atoms with van der Waals surface area (Å²) in [6, 6.07) is 15.6. The highest BCUT2D eigenvalue weighted by atomic mass is 16.4. The van der Waals surface area contributed by atoms with Gasteiger partial charge in [0.25, 0.3) is 5.91 Å². The summed E-state index contributed by atoms with van der Waals surface area (Å²) in [4.78, 5) is 35.0. The lowest BCUT2D eigenvalue weighted by atomic mass is 10.1. The van der Waals surface area contributed by atoms with Gasteiger partial charge in [-0.1, -0.05) is 49.4 Å². The highest BCUT2D eigenvalue weighted by Gasteiger charge is 2.18. The summed E-state index contributed by atoms with van der Waals surface area (Å²) in [6.07, 6.45) is 1.42. The number of hydrogen-bond donors (Lipinski definition) is 3. The Morgan fingerprint density at radius 1 is 0.963 bits per heavy atom. The minimum absolute atomic E-state index is 0.0343. The van der Waals surface area contributed by atoms with Crippen LogP contribution in [-0.2, 0) is 22.6 Å². The fraction of sp³-hybridized carbons (Fsp3) is 0.286. The van der Waals surface area contributed by atoms with Gasteiger partial charge in [0.05, 0.1) is 0 Å². The van der Waals surface area contributed by atoms with Crippen molar-refractivity contribution in [3.8, 4) is 0 Å². The van der Waals surface area contributed by atoms with E-state index in [9.17, 15) is 14.4 Å². The van der Waals surface area contributed by atoms with Gasteiger partial charge in [-0.15, -0.1) is 0 Å². The summed E-state index contributed by atoms with van der Waals surface area (Å²) in [5.41, 5.74) is 2.37. The molecule has 2 amide bonds. The van der Waals surface area contributed by atoms with E-state index in [1.54, 1.807) is 31.2 Å². The molecule has 0 spiro atoms. The maximum atomic E-state index is 12.1. The van der Waals surface area contributed by atoms with Gasteiger partial charge in [-0.3, -0.25) is 9.59 Å². The van der Waals surface area contributed by atoms with Crippen molar-refractivity contribution < 1.29 is 19.5 Å². The summed E-state index contributed by atoms with van der Waals surface area (Å²) >= 11 is 0. The van der Waals surface area contributed by atoms with Gasteiger partial charge in [-0.05, 0) is 36.1 Å². The van der Waals surface area contributed by atoms with Gasteiger partial charge >= 0.3 is 5.97 Å². The molecule has 3 N–H and O–H groups in total. The zero-order valence-electron chi connectivity index (χ0n) is 15.3. The molecule has 2 rings (SSSR count). The molecule has 6 nitrogen and oxygen atoms in total. The molecule has 0 saturated heterocycles. The van der Waals surface area contributed by atoms with Crippen LogP contribution in [0.2, 0.25) is 0 Å². The third kappa shape index (κ3) is 6.58. The Morgan fingerprint density at radius 3 is 2.22 bits per heavy atom. The van der Waals surface area contributed by atoms with Gasteiger partial charge in [0.2, 0.25) is 5.91 Å². The zero-order chi connectivity index (χ0) is 19.6. The quantitative estimate of drug-likeness (QED) is 0.634. The fourth-order valence-electron chi connectivity index (χ4n) is 2.55. The van der Waals surface area contributed by atoms with Crippen molar-refractivity contribution in [2.75, 3.05) is 0 Å². The Kier molecular flexibility index (Phi) is 7.55. The molecule has 27 heavy (non-hydrogen) atoms. The minimum atomic E-state index is -1.05. The molecule has 0 aliphatic carbocycles. The van der Waals surface area contributed by atoms with Gasteiger partial charge in [0, 0.05) is 18.5 Å². The van der Waals surface area contributed by atoms with Crippen molar-refractivity contribution in [2.45, 2.75) is 38.8 Å². The van der Waals surface area contributed by atoms with E-state index in [2.05, 4.69) is 10.6 Å². The number of carboxylic acid groups (broad SMARTS) is 1. The molecule has 0 aromatic heterocycles. The van der Waals surface area contributed by atoms with Crippen molar-refractivity contribution in [1.82, 2.24) is 10.6 Å². The molecular formula is C21H24N2O4. The molecule has 1 unspecified atom stereocenters. The minimum Gasteiger partial charge on any atom is -0.480 e. The standard InChI is InChI=1S/C21H24N2O4/c1-2-18(21(26)27)23-20(25)17-11-8-16(9-12-17)14-22-19(24)13-10-15-6-4-3-5-7-15/h3-9,11-12,18H,2,10,13-14H2,1H3,(H,22,24)(H,23,25)(H,26,27). The molecule has 2 aromatic carbocycles. The van der Waals surface area contributed by atoms with Crippen LogP contribution in [-0.4, -0.2) is 28.9 Å². The van der Waals surface area contributed by atoms with E-state index in [1.807, 2.05) is 30.3 Å². The first-order chi connectivity index (χ1) is 13.0. The molecular weight excluding hydrogens is 344 g/mol. The first-order valence-electron chi connectivity index (χ1n) is 8.92. The number of amides is 2. The molecule has 0 bridgehead atoms. The van der Waals surface area contributed by atoms with Crippen LogP contribution >= 0.6 is 0 Å². The van der Waals surface area contributed by atoms with Gasteiger partial charge < -0.3 is 15.7 Å². The Bertz CT molecular complexity index is 773. The second kappa shape index (κ2) is 10.1. The summed E-state index contributed by atoms with van der Waals surface area (Å²) in [5, 5.41) is 14.3. The lowest BCUT2D eigenvalue weighted by Gasteiger charge is -2.12. The maximum Gasteiger partial charge on any atom is 0.326 e. The summed E-state index contributed by atoms with van der Waals surface area (Å²) in [5.74, 6) is -1.52. The molecule has 0 radical (unpaired) electrons.